The van der Waals surface area contributed by atoms with Gasteiger partial charge in [-0.3, -0.25) is 4.79 Å². The minimum absolute atomic E-state index is 0.172. The molecule has 122 valence electrons. The van der Waals surface area contributed by atoms with Crippen LogP contribution in [0.2, 0.25) is 0 Å². The molecule has 0 bridgehead atoms. The van der Waals surface area contributed by atoms with Crippen molar-refractivity contribution in [1.29, 1.82) is 0 Å². The Morgan fingerprint density at radius 3 is 2.83 bits per heavy atom. The Labute approximate surface area is 140 Å². The van der Waals surface area contributed by atoms with E-state index in [1.165, 1.54) is 24.0 Å². The average Bonchev–Trinajstić information content (AvgIpc) is 3.35. The standard InChI is InChI=1S/C19H20N4O/c1-20-19(24)17-12-23-11-14(6-9-18(23)22-17)16-5-3-2-4-13(16)10-21-15-7-8-15/h2-6,9,11-12,15,21H,7-8,10H2,1H3,(H,20,24). The second kappa shape index (κ2) is 6.09. The van der Waals surface area contributed by atoms with Crippen molar-refractivity contribution in [3.8, 4) is 11.1 Å². The molecule has 0 unspecified atom stereocenters. The van der Waals surface area contributed by atoms with Gasteiger partial charge in [0.25, 0.3) is 5.91 Å². The predicted molar refractivity (Wildman–Crippen MR) is 93.9 cm³/mol. The quantitative estimate of drug-likeness (QED) is 0.760. The van der Waals surface area contributed by atoms with Crippen molar-refractivity contribution in [2.45, 2.75) is 25.4 Å². The van der Waals surface area contributed by atoms with Gasteiger partial charge in [0, 0.05) is 32.0 Å². The van der Waals surface area contributed by atoms with Gasteiger partial charge < -0.3 is 15.0 Å². The number of amides is 1. The van der Waals surface area contributed by atoms with Crippen LogP contribution in [0, 0.1) is 0 Å². The lowest BCUT2D eigenvalue weighted by atomic mass is 10.0. The fourth-order valence-electron chi connectivity index (χ4n) is 2.89. The average molecular weight is 320 g/mol. The number of hydrogen-bond donors (Lipinski definition) is 2. The highest BCUT2D eigenvalue weighted by atomic mass is 16.1. The van der Waals surface area contributed by atoms with Crippen molar-refractivity contribution in [3.05, 3.63) is 60.0 Å². The Balaban J connectivity index is 1.69. The van der Waals surface area contributed by atoms with Gasteiger partial charge >= 0.3 is 0 Å². The van der Waals surface area contributed by atoms with E-state index in [2.05, 4.69) is 45.9 Å². The lowest BCUT2D eigenvalue weighted by molar-refractivity contribution is 0.0959. The number of nitrogens with one attached hydrogen (secondary N) is 2. The summed E-state index contributed by atoms with van der Waals surface area (Å²) in [4.78, 5) is 16.1. The third-order valence-corrected chi connectivity index (χ3v) is 4.40. The fourth-order valence-corrected chi connectivity index (χ4v) is 2.89. The van der Waals surface area contributed by atoms with Crippen molar-refractivity contribution in [2.75, 3.05) is 7.05 Å². The Morgan fingerprint density at radius 1 is 1.21 bits per heavy atom. The lowest BCUT2D eigenvalue weighted by Crippen LogP contribution is -2.17. The summed E-state index contributed by atoms with van der Waals surface area (Å²) in [6, 6.07) is 13.1. The minimum atomic E-state index is -0.172. The molecular formula is C19H20N4O. The van der Waals surface area contributed by atoms with Crippen LogP contribution < -0.4 is 10.6 Å². The molecule has 0 aliphatic heterocycles. The van der Waals surface area contributed by atoms with Crippen LogP contribution in [-0.2, 0) is 6.54 Å². The van der Waals surface area contributed by atoms with Crippen molar-refractivity contribution in [1.82, 2.24) is 20.0 Å². The molecule has 1 aliphatic rings. The molecule has 4 rings (SSSR count). The number of nitrogens with zero attached hydrogens (tertiary/aromatic N) is 2. The monoisotopic (exact) mass is 320 g/mol. The molecule has 0 saturated heterocycles. The van der Waals surface area contributed by atoms with Gasteiger partial charge in [-0.2, -0.15) is 0 Å². The Morgan fingerprint density at radius 2 is 2.04 bits per heavy atom. The second-order valence-electron chi connectivity index (χ2n) is 6.20. The maximum Gasteiger partial charge on any atom is 0.271 e. The van der Waals surface area contributed by atoms with Crippen LogP contribution in [0.25, 0.3) is 16.8 Å². The highest BCUT2D eigenvalue weighted by Gasteiger charge is 2.20. The molecule has 24 heavy (non-hydrogen) atoms. The largest absolute Gasteiger partial charge is 0.354 e. The SMILES string of the molecule is CNC(=O)c1cn2cc(-c3ccccc3CNC3CC3)ccc2n1. The van der Waals surface area contributed by atoms with Gasteiger partial charge in [0.1, 0.15) is 11.3 Å². The Hall–Kier alpha value is -2.66. The molecule has 1 amide bonds. The number of carbonyl (C=O) groups excluding carboxylic acids is 1. The summed E-state index contributed by atoms with van der Waals surface area (Å²) in [5, 5.41) is 6.18. The summed E-state index contributed by atoms with van der Waals surface area (Å²) in [6.45, 7) is 0.881. The van der Waals surface area contributed by atoms with Crippen LogP contribution in [-0.4, -0.2) is 28.4 Å². The van der Waals surface area contributed by atoms with Crippen LogP contribution >= 0.6 is 0 Å². The molecule has 1 fully saturated rings. The highest BCUT2D eigenvalue weighted by Crippen LogP contribution is 2.26. The van der Waals surface area contributed by atoms with Crippen molar-refractivity contribution >= 4 is 11.6 Å². The molecular weight excluding hydrogens is 300 g/mol. The minimum Gasteiger partial charge on any atom is -0.354 e. The molecule has 5 nitrogen and oxygen atoms in total. The number of aromatic nitrogens is 2. The normalized spacial score (nSPS) is 14.0. The van der Waals surface area contributed by atoms with Crippen molar-refractivity contribution < 1.29 is 4.79 Å². The smallest absolute Gasteiger partial charge is 0.271 e. The number of benzene rings is 1. The fraction of sp³-hybridized carbons (Fsp3) is 0.263. The van der Waals surface area contributed by atoms with Crippen LogP contribution in [0.5, 0.6) is 0 Å². The molecule has 0 spiro atoms. The molecule has 1 saturated carbocycles. The third kappa shape index (κ3) is 2.90. The molecule has 5 heteroatoms. The van der Waals surface area contributed by atoms with Gasteiger partial charge in [-0.15, -0.1) is 0 Å². The topological polar surface area (TPSA) is 58.4 Å². The molecule has 0 radical (unpaired) electrons. The number of carbonyl (C=O) groups is 1. The first-order chi connectivity index (χ1) is 11.7. The van der Waals surface area contributed by atoms with Crippen LogP contribution in [0.4, 0.5) is 0 Å². The lowest BCUT2D eigenvalue weighted by Gasteiger charge is -2.11. The molecule has 2 aromatic heterocycles. The number of fused-ring (bicyclic) bond motifs is 1. The van der Waals surface area contributed by atoms with E-state index in [0.29, 0.717) is 11.7 Å². The second-order valence-corrected chi connectivity index (χ2v) is 6.20. The molecule has 1 aliphatic carbocycles. The van der Waals surface area contributed by atoms with Crippen molar-refractivity contribution in [3.63, 3.8) is 0 Å². The van der Waals surface area contributed by atoms with Gasteiger partial charge in [-0.05, 0) is 41.7 Å². The van der Waals surface area contributed by atoms with E-state index in [-0.39, 0.29) is 5.91 Å². The molecule has 1 aromatic carbocycles. The summed E-state index contributed by atoms with van der Waals surface area (Å²) in [7, 11) is 1.61. The Bertz CT molecular complexity index is 895. The van der Waals surface area contributed by atoms with Gasteiger partial charge in [0.15, 0.2) is 0 Å². The van der Waals surface area contributed by atoms with E-state index in [9.17, 15) is 4.79 Å². The first kappa shape index (κ1) is 14.9. The maximum absolute atomic E-state index is 11.8. The molecule has 2 heterocycles. The summed E-state index contributed by atoms with van der Waals surface area (Å²) < 4.78 is 1.91. The zero-order valence-corrected chi connectivity index (χ0v) is 13.6. The highest BCUT2D eigenvalue weighted by molar-refractivity contribution is 5.92. The summed E-state index contributed by atoms with van der Waals surface area (Å²) in [6.07, 6.45) is 6.37. The predicted octanol–water partition coefficient (Wildman–Crippen LogP) is 2.61. The molecule has 3 aromatic rings. The number of pyridine rings is 1. The van der Waals surface area contributed by atoms with E-state index >= 15 is 0 Å². The first-order valence-corrected chi connectivity index (χ1v) is 8.27. The van der Waals surface area contributed by atoms with Crippen LogP contribution in [0.1, 0.15) is 28.9 Å². The number of imidazole rings is 1. The van der Waals surface area contributed by atoms with E-state index in [0.717, 1.165) is 17.8 Å². The summed E-state index contributed by atoms with van der Waals surface area (Å²) in [5.41, 5.74) is 4.82. The maximum atomic E-state index is 11.8. The zero-order valence-electron chi connectivity index (χ0n) is 13.6. The number of hydrogen-bond acceptors (Lipinski definition) is 3. The van der Waals surface area contributed by atoms with Crippen LogP contribution in [0.15, 0.2) is 48.8 Å². The van der Waals surface area contributed by atoms with Gasteiger partial charge in [-0.25, -0.2) is 4.98 Å². The first-order valence-electron chi connectivity index (χ1n) is 8.27. The van der Waals surface area contributed by atoms with E-state index in [1.807, 2.05) is 16.7 Å². The van der Waals surface area contributed by atoms with Crippen molar-refractivity contribution in [2.24, 2.45) is 0 Å². The molecule has 0 atom stereocenters. The summed E-state index contributed by atoms with van der Waals surface area (Å²) >= 11 is 0. The zero-order chi connectivity index (χ0) is 16.5. The van der Waals surface area contributed by atoms with Crippen LogP contribution in [0.3, 0.4) is 0 Å². The van der Waals surface area contributed by atoms with E-state index in [1.54, 1.807) is 13.2 Å². The van der Waals surface area contributed by atoms with Gasteiger partial charge in [-0.1, -0.05) is 24.3 Å². The Kier molecular flexibility index (Phi) is 3.78. The summed E-state index contributed by atoms with van der Waals surface area (Å²) in [5.74, 6) is -0.172. The van der Waals surface area contributed by atoms with Gasteiger partial charge in [0.05, 0.1) is 0 Å². The third-order valence-electron chi connectivity index (χ3n) is 4.40. The van der Waals surface area contributed by atoms with E-state index in [4.69, 9.17) is 0 Å². The molecule has 2 N–H and O–H groups in total. The van der Waals surface area contributed by atoms with E-state index < -0.39 is 0 Å². The number of rotatable bonds is 5. The van der Waals surface area contributed by atoms with Gasteiger partial charge in [0.2, 0.25) is 0 Å².